The largest absolute Gasteiger partial charge is 0.481 e. The molecule has 0 amide bonds. The summed E-state index contributed by atoms with van der Waals surface area (Å²) in [7, 11) is 0. The van der Waals surface area contributed by atoms with Crippen LogP contribution in [0.15, 0.2) is 24.3 Å². The molecular weight excluding hydrogens is 216 g/mol. The molecule has 1 aliphatic carbocycles. The van der Waals surface area contributed by atoms with Crippen molar-refractivity contribution in [3.63, 3.8) is 0 Å². The van der Waals surface area contributed by atoms with Crippen molar-refractivity contribution in [2.75, 3.05) is 5.32 Å². The summed E-state index contributed by atoms with van der Waals surface area (Å²) in [4.78, 5) is 10.8. The minimum absolute atomic E-state index is 0.146. The summed E-state index contributed by atoms with van der Waals surface area (Å²) in [6.07, 6.45) is 2.99. The molecule has 4 heteroatoms. The van der Waals surface area contributed by atoms with Gasteiger partial charge in [-0.05, 0) is 43.5 Å². The van der Waals surface area contributed by atoms with Crippen LogP contribution in [-0.2, 0) is 4.79 Å². The Labute approximate surface area is 99.9 Å². The first-order valence-electron chi connectivity index (χ1n) is 5.64. The molecule has 0 saturated heterocycles. The Morgan fingerprint density at radius 1 is 1.41 bits per heavy atom. The van der Waals surface area contributed by atoms with Crippen LogP contribution >= 0.6 is 0 Å². The summed E-state index contributed by atoms with van der Waals surface area (Å²) in [5, 5.41) is 20.9. The second-order valence-electron chi connectivity index (χ2n) is 4.52. The van der Waals surface area contributed by atoms with Crippen molar-refractivity contribution in [2.24, 2.45) is 0 Å². The molecule has 2 rings (SSSR count). The summed E-state index contributed by atoms with van der Waals surface area (Å²) < 4.78 is 0. The van der Waals surface area contributed by atoms with E-state index in [1.807, 2.05) is 12.1 Å². The number of nitrogens with zero attached hydrogens (tertiary/aromatic N) is 1. The smallest absolute Gasteiger partial charge is 0.305 e. The van der Waals surface area contributed by atoms with Crippen LogP contribution in [0, 0.1) is 11.3 Å². The maximum absolute atomic E-state index is 10.8. The molecule has 1 aliphatic rings. The van der Waals surface area contributed by atoms with E-state index in [2.05, 4.69) is 11.4 Å². The van der Waals surface area contributed by atoms with Gasteiger partial charge in [-0.3, -0.25) is 4.79 Å². The minimum Gasteiger partial charge on any atom is -0.481 e. The van der Waals surface area contributed by atoms with Crippen molar-refractivity contribution in [2.45, 2.75) is 31.2 Å². The van der Waals surface area contributed by atoms with Crippen molar-refractivity contribution in [1.82, 2.24) is 0 Å². The van der Waals surface area contributed by atoms with E-state index in [0.717, 1.165) is 24.9 Å². The van der Waals surface area contributed by atoms with Gasteiger partial charge in [0.1, 0.15) is 0 Å². The normalized spacial score (nSPS) is 16.6. The van der Waals surface area contributed by atoms with Gasteiger partial charge in [-0.15, -0.1) is 0 Å². The number of hydrogen-bond donors (Lipinski definition) is 2. The third-order valence-electron chi connectivity index (χ3n) is 3.22. The number of rotatable bonds is 4. The van der Waals surface area contributed by atoms with Crippen molar-refractivity contribution in [1.29, 1.82) is 5.26 Å². The van der Waals surface area contributed by atoms with E-state index in [1.165, 1.54) is 0 Å². The molecular formula is C13H14N2O2. The molecule has 0 radical (unpaired) electrons. The molecule has 4 nitrogen and oxygen atoms in total. The van der Waals surface area contributed by atoms with E-state index >= 15 is 0 Å². The van der Waals surface area contributed by atoms with E-state index in [0.29, 0.717) is 5.56 Å². The van der Waals surface area contributed by atoms with E-state index in [9.17, 15) is 4.79 Å². The molecule has 0 unspecified atom stereocenters. The van der Waals surface area contributed by atoms with Crippen molar-refractivity contribution >= 4 is 11.7 Å². The van der Waals surface area contributed by atoms with Gasteiger partial charge in [-0.1, -0.05) is 0 Å². The summed E-state index contributed by atoms with van der Waals surface area (Å²) in [5.74, 6) is -0.772. The maximum atomic E-state index is 10.8. The van der Waals surface area contributed by atoms with Crippen molar-refractivity contribution < 1.29 is 9.90 Å². The fraction of sp³-hybridized carbons (Fsp3) is 0.385. The quantitative estimate of drug-likeness (QED) is 0.832. The molecule has 1 aromatic carbocycles. The Balaban J connectivity index is 2.08. The lowest BCUT2D eigenvalue weighted by molar-refractivity contribution is -0.138. The van der Waals surface area contributed by atoms with Gasteiger partial charge >= 0.3 is 5.97 Å². The summed E-state index contributed by atoms with van der Waals surface area (Å²) >= 11 is 0. The zero-order chi connectivity index (χ0) is 12.3. The Bertz CT molecular complexity index is 455. The molecule has 0 aliphatic heterocycles. The second-order valence-corrected chi connectivity index (χ2v) is 4.52. The van der Waals surface area contributed by atoms with Crippen molar-refractivity contribution in [3.05, 3.63) is 29.8 Å². The highest BCUT2D eigenvalue weighted by Gasteiger charge is 2.38. The van der Waals surface area contributed by atoms with E-state index in [1.54, 1.807) is 12.1 Å². The summed E-state index contributed by atoms with van der Waals surface area (Å²) in [6.45, 7) is 0. The number of carboxylic acid groups (broad SMARTS) is 1. The average Bonchev–Trinajstić information content (AvgIpc) is 2.26. The van der Waals surface area contributed by atoms with Crippen LogP contribution in [0.3, 0.4) is 0 Å². The minimum atomic E-state index is -0.772. The van der Waals surface area contributed by atoms with Crippen LogP contribution in [0.4, 0.5) is 5.69 Å². The molecule has 0 aromatic heterocycles. The monoisotopic (exact) mass is 230 g/mol. The third-order valence-corrected chi connectivity index (χ3v) is 3.22. The first kappa shape index (κ1) is 11.5. The first-order valence-corrected chi connectivity index (χ1v) is 5.64. The highest BCUT2D eigenvalue weighted by atomic mass is 16.4. The Kier molecular flexibility index (Phi) is 3.01. The highest BCUT2D eigenvalue weighted by molar-refractivity contribution is 5.70. The number of carbonyl (C=O) groups is 1. The molecule has 1 aromatic rings. The van der Waals surface area contributed by atoms with E-state index in [-0.39, 0.29) is 12.0 Å². The Morgan fingerprint density at radius 2 is 2.06 bits per heavy atom. The Morgan fingerprint density at radius 3 is 2.47 bits per heavy atom. The molecule has 0 bridgehead atoms. The standard InChI is InChI=1S/C13H14N2O2/c14-9-10-2-4-11(5-3-10)15-13(6-1-7-13)8-12(16)17/h2-5,15H,1,6-8H2,(H,16,17). The maximum Gasteiger partial charge on any atom is 0.305 e. The average molecular weight is 230 g/mol. The number of hydrogen-bond acceptors (Lipinski definition) is 3. The predicted octanol–water partition coefficient (Wildman–Crippen LogP) is 2.37. The number of nitriles is 1. The molecule has 2 N–H and O–H groups in total. The van der Waals surface area contributed by atoms with Gasteiger partial charge in [-0.25, -0.2) is 0 Å². The van der Waals surface area contributed by atoms with Crippen LogP contribution in [0.2, 0.25) is 0 Å². The van der Waals surface area contributed by atoms with E-state index in [4.69, 9.17) is 10.4 Å². The van der Waals surface area contributed by atoms with Crippen LogP contribution in [0.25, 0.3) is 0 Å². The molecule has 1 saturated carbocycles. The lowest BCUT2D eigenvalue weighted by Gasteiger charge is -2.42. The van der Waals surface area contributed by atoms with Gasteiger partial charge in [0.25, 0.3) is 0 Å². The number of aliphatic carboxylic acids is 1. The summed E-state index contributed by atoms with van der Waals surface area (Å²) in [5.41, 5.74) is 1.20. The molecule has 1 fully saturated rings. The van der Waals surface area contributed by atoms with Gasteiger partial charge in [0.2, 0.25) is 0 Å². The summed E-state index contributed by atoms with van der Waals surface area (Å²) in [6, 6.07) is 9.16. The zero-order valence-electron chi connectivity index (χ0n) is 9.44. The fourth-order valence-corrected chi connectivity index (χ4v) is 2.17. The topological polar surface area (TPSA) is 73.1 Å². The van der Waals surface area contributed by atoms with Gasteiger partial charge in [-0.2, -0.15) is 5.26 Å². The lowest BCUT2D eigenvalue weighted by atomic mass is 9.74. The van der Waals surface area contributed by atoms with Gasteiger partial charge in [0.05, 0.1) is 18.1 Å². The van der Waals surface area contributed by atoms with Crippen molar-refractivity contribution in [3.8, 4) is 6.07 Å². The SMILES string of the molecule is N#Cc1ccc(NC2(CC(=O)O)CCC2)cc1. The van der Waals surface area contributed by atoms with E-state index < -0.39 is 5.97 Å². The molecule has 0 spiro atoms. The van der Waals surface area contributed by atoms with Gasteiger partial charge in [0, 0.05) is 11.2 Å². The zero-order valence-corrected chi connectivity index (χ0v) is 9.44. The van der Waals surface area contributed by atoms with Gasteiger partial charge in [0.15, 0.2) is 0 Å². The first-order chi connectivity index (χ1) is 8.13. The number of carboxylic acids is 1. The molecule has 0 atom stereocenters. The number of benzene rings is 1. The van der Waals surface area contributed by atoms with Crippen LogP contribution in [0.1, 0.15) is 31.2 Å². The number of nitrogens with one attached hydrogen (secondary N) is 1. The van der Waals surface area contributed by atoms with Gasteiger partial charge < -0.3 is 10.4 Å². The third kappa shape index (κ3) is 2.56. The highest BCUT2D eigenvalue weighted by Crippen LogP contribution is 2.38. The molecule has 88 valence electrons. The fourth-order valence-electron chi connectivity index (χ4n) is 2.17. The number of anilines is 1. The van der Waals surface area contributed by atoms with Crippen LogP contribution < -0.4 is 5.32 Å². The van der Waals surface area contributed by atoms with Crippen LogP contribution in [-0.4, -0.2) is 16.6 Å². The lowest BCUT2D eigenvalue weighted by Crippen LogP contribution is -2.46. The second kappa shape index (κ2) is 4.46. The molecule has 0 heterocycles. The molecule has 17 heavy (non-hydrogen) atoms. The predicted molar refractivity (Wildman–Crippen MR) is 63.6 cm³/mol. The Hall–Kier alpha value is -2.02. The van der Waals surface area contributed by atoms with Crippen LogP contribution in [0.5, 0.6) is 0 Å².